The number of Topliss-reactive ketones (excluding diaryl/α,β-unsaturated/α-hetero) is 1. The zero-order valence-electron chi connectivity index (χ0n) is 13.2. The Balaban J connectivity index is 1.57. The normalized spacial score (nSPS) is 28.2. The number of rotatable bonds is 4. The number of benzene rings is 2. The topological polar surface area (TPSA) is 54.0 Å². The molecule has 1 saturated heterocycles. The molecule has 5 heteroatoms. The van der Waals surface area contributed by atoms with Crippen molar-refractivity contribution in [2.24, 2.45) is 5.10 Å². The summed E-state index contributed by atoms with van der Waals surface area (Å²) in [7, 11) is 0. The molecule has 0 aliphatic carbocycles. The SMILES string of the molecule is C[C@@]1(C(=O)C2=NNC[C@@H]2c2ccc(Br)cc2)O[C@@H]1c1ccccc1. The highest BCUT2D eigenvalue weighted by atomic mass is 79.9. The van der Waals surface area contributed by atoms with Gasteiger partial charge in [-0.1, -0.05) is 58.4 Å². The van der Waals surface area contributed by atoms with Crippen LogP contribution in [0.5, 0.6) is 0 Å². The minimum absolute atomic E-state index is 0.0331. The Kier molecular flexibility index (Phi) is 3.77. The summed E-state index contributed by atoms with van der Waals surface area (Å²) >= 11 is 3.44. The lowest BCUT2D eigenvalue weighted by Crippen LogP contribution is -2.32. The molecule has 0 amide bonds. The van der Waals surface area contributed by atoms with Crippen LogP contribution in [-0.4, -0.2) is 23.6 Å². The first-order chi connectivity index (χ1) is 11.6. The molecule has 24 heavy (non-hydrogen) atoms. The number of nitrogens with one attached hydrogen (secondary N) is 1. The quantitative estimate of drug-likeness (QED) is 0.819. The van der Waals surface area contributed by atoms with Gasteiger partial charge in [-0.3, -0.25) is 4.79 Å². The van der Waals surface area contributed by atoms with E-state index in [4.69, 9.17) is 4.74 Å². The second kappa shape index (κ2) is 5.83. The van der Waals surface area contributed by atoms with Crippen molar-refractivity contribution in [2.45, 2.75) is 24.5 Å². The first kappa shape index (κ1) is 15.5. The lowest BCUT2D eigenvalue weighted by atomic mass is 9.86. The number of ketones is 1. The van der Waals surface area contributed by atoms with E-state index in [1.165, 1.54) is 0 Å². The minimum atomic E-state index is -0.820. The fourth-order valence-electron chi connectivity index (χ4n) is 3.23. The largest absolute Gasteiger partial charge is 0.352 e. The smallest absolute Gasteiger partial charge is 0.214 e. The predicted octanol–water partition coefficient (Wildman–Crippen LogP) is 3.59. The molecule has 0 bridgehead atoms. The van der Waals surface area contributed by atoms with Gasteiger partial charge in [-0.15, -0.1) is 0 Å². The number of epoxide rings is 1. The third kappa shape index (κ3) is 2.58. The number of halogens is 1. The fraction of sp³-hybridized carbons (Fsp3) is 0.263. The summed E-state index contributed by atoms with van der Waals surface area (Å²) in [4.78, 5) is 13.1. The summed E-state index contributed by atoms with van der Waals surface area (Å²) in [5, 5.41) is 4.28. The molecule has 0 saturated carbocycles. The first-order valence-corrected chi connectivity index (χ1v) is 8.72. The molecule has 122 valence electrons. The second-order valence-electron chi connectivity index (χ2n) is 6.31. The highest BCUT2D eigenvalue weighted by Gasteiger charge is 2.61. The van der Waals surface area contributed by atoms with Crippen LogP contribution in [-0.2, 0) is 9.53 Å². The Hall–Kier alpha value is -1.98. The fourth-order valence-corrected chi connectivity index (χ4v) is 3.49. The van der Waals surface area contributed by atoms with Gasteiger partial charge in [-0.2, -0.15) is 5.10 Å². The van der Waals surface area contributed by atoms with E-state index in [9.17, 15) is 4.79 Å². The molecule has 3 atom stereocenters. The maximum absolute atomic E-state index is 13.1. The van der Waals surface area contributed by atoms with Gasteiger partial charge in [-0.05, 0) is 30.2 Å². The van der Waals surface area contributed by atoms with Crippen LogP contribution in [0, 0.1) is 0 Å². The van der Waals surface area contributed by atoms with Crippen molar-refractivity contribution in [2.75, 3.05) is 6.54 Å². The third-order valence-electron chi connectivity index (χ3n) is 4.69. The average Bonchev–Trinajstić information content (AvgIpc) is 3.08. The molecule has 2 heterocycles. The van der Waals surface area contributed by atoms with Gasteiger partial charge in [0.25, 0.3) is 0 Å². The van der Waals surface area contributed by atoms with Crippen molar-refractivity contribution in [1.82, 2.24) is 5.43 Å². The van der Waals surface area contributed by atoms with Gasteiger partial charge in [0.05, 0.1) is 5.92 Å². The molecule has 2 aliphatic heterocycles. The Labute approximate surface area is 149 Å². The Morgan fingerprint density at radius 3 is 2.58 bits per heavy atom. The highest BCUT2D eigenvalue weighted by Crippen LogP contribution is 2.50. The van der Waals surface area contributed by atoms with Crippen molar-refractivity contribution in [3.8, 4) is 0 Å². The Morgan fingerprint density at radius 2 is 1.88 bits per heavy atom. The maximum atomic E-state index is 13.1. The van der Waals surface area contributed by atoms with Crippen molar-refractivity contribution in [1.29, 1.82) is 0 Å². The van der Waals surface area contributed by atoms with Crippen LogP contribution >= 0.6 is 15.9 Å². The molecule has 2 aliphatic rings. The Morgan fingerprint density at radius 1 is 1.17 bits per heavy atom. The monoisotopic (exact) mass is 384 g/mol. The first-order valence-electron chi connectivity index (χ1n) is 7.93. The number of ether oxygens (including phenoxy) is 1. The van der Waals surface area contributed by atoms with Gasteiger partial charge < -0.3 is 10.2 Å². The zero-order chi connectivity index (χ0) is 16.7. The molecule has 0 radical (unpaired) electrons. The van der Waals surface area contributed by atoms with E-state index in [2.05, 4.69) is 26.5 Å². The van der Waals surface area contributed by atoms with Gasteiger partial charge in [0, 0.05) is 11.0 Å². The van der Waals surface area contributed by atoms with Crippen molar-refractivity contribution < 1.29 is 9.53 Å². The lowest BCUT2D eigenvalue weighted by molar-refractivity contribution is -0.117. The summed E-state index contributed by atoms with van der Waals surface area (Å²) in [5.74, 6) is -0.0719. The van der Waals surface area contributed by atoms with Gasteiger partial charge in [0.15, 0.2) is 5.60 Å². The van der Waals surface area contributed by atoms with E-state index >= 15 is 0 Å². The molecule has 4 rings (SSSR count). The van der Waals surface area contributed by atoms with Crippen LogP contribution in [0.4, 0.5) is 0 Å². The molecule has 2 aromatic rings. The van der Waals surface area contributed by atoms with Crippen molar-refractivity contribution in [3.63, 3.8) is 0 Å². The van der Waals surface area contributed by atoms with Crippen LogP contribution in [0.3, 0.4) is 0 Å². The number of nitrogens with zero attached hydrogens (tertiary/aromatic N) is 1. The van der Waals surface area contributed by atoms with Gasteiger partial charge in [-0.25, -0.2) is 0 Å². The number of carbonyl (C=O) groups is 1. The van der Waals surface area contributed by atoms with Gasteiger partial charge in [0.1, 0.15) is 11.8 Å². The molecule has 0 spiro atoms. The van der Waals surface area contributed by atoms with Crippen molar-refractivity contribution >= 4 is 27.4 Å². The van der Waals surface area contributed by atoms with E-state index in [1.54, 1.807) is 0 Å². The average molecular weight is 385 g/mol. The summed E-state index contributed by atoms with van der Waals surface area (Å²) in [6, 6.07) is 17.9. The molecular formula is C19H17BrN2O2. The van der Waals surface area contributed by atoms with E-state index in [-0.39, 0.29) is 17.8 Å². The number of hydrogen-bond acceptors (Lipinski definition) is 4. The number of carbonyl (C=O) groups excluding carboxylic acids is 1. The van der Waals surface area contributed by atoms with Crippen molar-refractivity contribution in [3.05, 3.63) is 70.2 Å². The van der Waals surface area contributed by atoms with E-state index in [0.717, 1.165) is 15.6 Å². The minimum Gasteiger partial charge on any atom is -0.352 e. The van der Waals surface area contributed by atoms with E-state index in [0.29, 0.717) is 12.3 Å². The molecular weight excluding hydrogens is 368 g/mol. The third-order valence-corrected chi connectivity index (χ3v) is 5.22. The molecule has 2 aromatic carbocycles. The predicted molar refractivity (Wildman–Crippen MR) is 96.0 cm³/mol. The number of hydrogen-bond donors (Lipinski definition) is 1. The summed E-state index contributed by atoms with van der Waals surface area (Å²) in [5.41, 5.74) is 4.81. The van der Waals surface area contributed by atoms with Crippen LogP contribution in [0.2, 0.25) is 0 Å². The molecule has 4 nitrogen and oxygen atoms in total. The molecule has 1 fully saturated rings. The van der Waals surface area contributed by atoms with Crippen LogP contribution in [0.25, 0.3) is 0 Å². The summed E-state index contributed by atoms with van der Waals surface area (Å²) in [6.07, 6.45) is -0.194. The highest BCUT2D eigenvalue weighted by molar-refractivity contribution is 9.10. The van der Waals surface area contributed by atoms with Crippen LogP contribution < -0.4 is 5.43 Å². The van der Waals surface area contributed by atoms with Crippen LogP contribution in [0.15, 0.2) is 64.2 Å². The standard InChI is InChI=1S/C19H17BrN2O2/c1-19(18(24-19)13-5-3-2-4-6-13)17(23)16-15(11-21-22-16)12-7-9-14(20)10-8-12/h2-10,15,18,21H,11H2,1H3/t15-,18-,19+/m1/s1. The second-order valence-corrected chi connectivity index (χ2v) is 7.22. The summed E-state index contributed by atoms with van der Waals surface area (Å²) < 4.78 is 6.82. The molecule has 0 aromatic heterocycles. The molecule has 0 unspecified atom stereocenters. The van der Waals surface area contributed by atoms with Gasteiger partial charge in [0.2, 0.25) is 5.78 Å². The summed E-state index contributed by atoms with van der Waals surface area (Å²) in [6.45, 7) is 2.49. The number of hydrazone groups is 1. The zero-order valence-corrected chi connectivity index (χ0v) is 14.8. The maximum Gasteiger partial charge on any atom is 0.214 e. The lowest BCUT2D eigenvalue weighted by Gasteiger charge is -2.13. The molecule has 1 N–H and O–H groups in total. The Bertz CT molecular complexity index is 804. The van der Waals surface area contributed by atoms with E-state index < -0.39 is 5.60 Å². The van der Waals surface area contributed by atoms with E-state index in [1.807, 2.05) is 61.5 Å². The van der Waals surface area contributed by atoms with Gasteiger partial charge >= 0.3 is 0 Å². The van der Waals surface area contributed by atoms with Crippen LogP contribution in [0.1, 0.15) is 30.1 Å².